The van der Waals surface area contributed by atoms with E-state index >= 15 is 0 Å². The molecule has 0 saturated carbocycles. The fourth-order valence-electron chi connectivity index (χ4n) is 2.78. The summed E-state index contributed by atoms with van der Waals surface area (Å²) in [5.74, 6) is 0.193. The van der Waals surface area contributed by atoms with Gasteiger partial charge >= 0.3 is 0 Å². The molecule has 7 nitrogen and oxygen atoms in total. The predicted molar refractivity (Wildman–Crippen MR) is 118 cm³/mol. The standard InChI is InChI=1S/C22H23N3O4S/c1-4-17-5-10-19(11-6-17)25-30(27,28)20-12-7-18(8-13-20)9-14-21-22(23-16(3)26)15(2)24-29-21/h5-14,25H,4H2,1-3H3,(H,23,26). The lowest BCUT2D eigenvalue weighted by Crippen LogP contribution is -2.12. The molecule has 0 radical (unpaired) electrons. The Hall–Kier alpha value is -3.39. The van der Waals surface area contributed by atoms with E-state index in [9.17, 15) is 13.2 Å². The number of sulfonamides is 1. The molecule has 2 aromatic carbocycles. The molecule has 0 aliphatic carbocycles. The SMILES string of the molecule is CCc1ccc(NS(=O)(=O)c2ccc(C=Cc3onc(C)c3NC(C)=O)cc2)cc1. The Morgan fingerprint density at radius 3 is 2.33 bits per heavy atom. The van der Waals surface area contributed by atoms with Crippen molar-refractivity contribution in [3.8, 4) is 0 Å². The lowest BCUT2D eigenvalue weighted by Gasteiger charge is -2.09. The molecule has 0 saturated heterocycles. The van der Waals surface area contributed by atoms with E-state index in [-0.39, 0.29) is 10.8 Å². The second-order valence-electron chi connectivity index (χ2n) is 6.75. The molecule has 0 atom stereocenters. The third-order valence-electron chi connectivity index (χ3n) is 4.42. The van der Waals surface area contributed by atoms with Crippen molar-refractivity contribution in [2.24, 2.45) is 0 Å². The van der Waals surface area contributed by atoms with Crippen LogP contribution in [0.2, 0.25) is 0 Å². The number of amides is 1. The van der Waals surface area contributed by atoms with E-state index in [1.54, 1.807) is 43.3 Å². The summed E-state index contributed by atoms with van der Waals surface area (Å²) in [7, 11) is -3.68. The Bertz CT molecular complexity index is 1160. The van der Waals surface area contributed by atoms with Gasteiger partial charge in [-0.05, 0) is 54.8 Å². The van der Waals surface area contributed by atoms with Crippen LogP contribution in [0, 0.1) is 6.92 Å². The highest BCUT2D eigenvalue weighted by Crippen LogP contribution is 2.23. The van der Waals surface area contributed by atoms with Gasteiger partial charge in [0.15, 0.2) is 5.76 Å². The zero-order valence-electron chi connectivity index (χ0n) is 17.0. The molecule has 0 fully saturated rings. The summed E-state index contributed by atoms with van der Waals surface area (Å²) < 4.78 is 33.0. The van der Waals surface area contributed by atoms with E-state index in [0.29, 0.717) is 22.8 Å². The van der Waals surface area contributed by atoms with Crippen molar-refractivity contribution in [1.29, 1.82) is 0 Å². The summed E-state index contributed by atoms with van der Waals surface area (Å²) in [4.78, 5) is 11.5. The number of rotatable bonds is 7. The summed E-state index contributed by atoms with van der Waals surface area (Å²) in [6, 6.07) is 13.7. The van der Waals surface area contributed by atoms with Crippen molar-refractivity contribution < 1.29 is 17.7 Å². The molecule has 1 heterocycles. The van der Waals surface area contributed by atoms with Gasteiger partial charge in [0.1, 0.15) is 11.4 Å². The number of aryl methyl sites for hydroxylation is 2. The zero-order chi connectivity index (χ0) is 21.7. The summed E-state index contributed by atoms with van der Waals surface area (Å²) >= 11 is 0. The van der Waals surface area contributed by atoms with Gasteiger partial charge in [-0.25, -0.2) is 8.42 Å². The third kappa shape index (κ3) is 5.15. The van der Waals surface area contributed by atoms with E-state index < -0.39 is 10.0 Å². The number of aromatic nitrogens is 1. The molecule has 8 heteroatoms. The van der Waals surface area contributed by atoms with Gasteiger partial charge in [-0.1, -0.05) is 42.4 Å². The Morgan fingerprint density at radius 2 is 1.73 bits per heavy atom. The minimum Gasteiger partial charge on any atom is -0.354 e. The van der Waals surface area contributed by atoms with Crippen LogP contribution in [0.15, 0.2) is 57.9 Å². The molecule has 30 heavy (non-hydrogen) atoms. The molecule has 0 bridgehead atoms. The first-order chi connectivity index (χ1) is 14.3. The smallest absolute Gasteiger partial charge is 0.261 e. The van der Waals surface area contributed by atoms with Gasteiger partial charge in [-0.2, -0.15) is 0 Å². The van der Waals surface area contributed by atoms with Crippen LogP contribution in [0.3, 0.4) is 0 Å². The molecular weight excluding hydrogens is 402 g/mol. The second kappa shape index (κ2) is 8.96. The molecule has 0 aliphatic rings. The lowest BCUT2D eigenvalue weighted by atomic mass is 10.2. The first-order valence-electron chi connectivity index (χ1n) is 9.42. The fourth-order valence-corrected chi connectivity index (χ4v) is 3.84. The number of hydrogen-bond acceptors (Lipinski definition) is 5. The van der Waals surface area contributed by atoms with Crippen molar-refractivity contribution in [2.45, 2.75) is 32.1 Å². The normalized spacial score (nSPS) is 11.6. The Labute approximate surface area is 175 Å². The van der Waals surface area contributed by atoms with Crippen molar-refractivity contribution in [3.63, 3.8) is 0 Å². The number of hydrogen-bond donors (Lipinski definition) is 2. The summed E-state index contributed by atoms with van der Waals surface area (Å²) in [6.07, 6.45) is 4.31. The van der Waals surface area contributed by atoms with Crippen LogP contribution in [0.25, 0.3) is 12.2 Å². The maximum absolute atomic E-state index is 12.6. The highest BCUT2D eigenvalue weighted by molar-refractivity contribution is 7.92. The summed E-state index contributed by atoms with van der Waals surface area (Å²) in [6.45, 7) is 5.18. The molecule has 156 valence electrons. The number of carbonyl (C=O) groups excluding carboxylic acids is 1. The monoisotopic (exact) mass is 425 g/mol. The number of nitrogens with one attached hydrogen (secondary N) is 2. The molecule has 1 aromatic heterocycles. The molecule has 3 rings (SSSR count). The highest BCUT2D eigenvalue weighted by atomic mass is 32.2. The summed E-state index contributed by atoms with van der Waals surface area (Å²) in [5.41, 5.74) is 3.50. The van der Waals surface area contributed by atoms with Gasteiger partial charge < -0.3 is 9.84 Å². The largest absolute Gasteiger partial charge is 0.354 e. The topological polar surface area (TPSA) is 101 Å². The molecule has 2 N–H and O–H groups in total. The maximum atomic E-state index is 12.6. The average Bonchev–Trinajstić information content (AvgIpc) is 3.06. The minimum absolute atomic E-state index is 0.161. The van der Waals surface area contributed by atoms with Crippen LogP contribution in [0.5, 0.6) is 0 Å². The quantitative estimate of drug-likeness (QED) is 0.581. The molecule has 0 spiro atoms. The molecule has 3 aromatic rings. The van der Waals surface area contributed by atoms with Crippen LogP contribution < -0.4 is 10.0 Å². The molecule has 0 unspecified atom stereocenters. The Morgan fingerprint density at radius 1 is 1.07 bits per heavy atom. The van der Waals surface area contributed by atoms with Crippen LogP contribution >= 0.6 is 0 Å². The van der Waals surface area contributed by atoms with Crippen molar-refractivity contribution in [3.05, 3.63) is 71.1 Å². The van der Waals surface area contributed by atoms with E-state index in [2.05, 4.69) is 15.2 Å². The van der Waals surface area contributed by atoms with E-state index in [1.165, 1.54) is 19.1 Å². The third-order valence-corrected chi connectivity index (χ3v) is 5.82. The van der Waals surface area contributed by atoms with Crippen molar-refractivity contribution in [2.75, 3.05) is 10.0 Å². The van der Waals surface area contributed by atoms with E-state index in [0.717, 1.165) is 17.5 Å². The maximum Gasteiger partial charge on any atom is 0.261 e. The van der Waals surface area contributed by atoms with Crippen LogP contribution in [-0.4, -0.2) is 19.5 Å². The van der Waals surface area contributed by atoms with Crippen molar-refractivity contribution in [1.82, 2.24) is 5.16 Å². The number of benzene rings is 2. The van der Waals surface area contributed by atoms with Crippen LogP contribution in [0.4, 0.5) is 11.4 Å². The molecule has 0 aliphatic heterocycles. The highest BCUT2D eigenvalue weighted by Gasteiger charge is 2.14. The predicted octanol–water partition coefficient (Wildman–Crippen LogP) is 4.48. The van der Waals surface area contributed by atoms with Gasteiger partial charge in [0.2, 0.25) is 5.91 Å². The summed E-state index contributed by atoms with van der Waals surface area (Å²) in [5, 5.41) is 6.53. The fraction of sp³-hybridized carbons (Fsp3) is 0.182. The Balaban J connectivity index is 1.74. The van der Waals surface area contributed by atoms with Gasteiger partial charge in [-0.15, -0.1) is 0 Å². The first kappa shape index (κ1) is 21.3. The van der Waals surface area contributed by atoms with Crippen molar-refractivity contribution >= 4 is 39.5 Å². The number of carbonyl (C=O) groups is 1. The molecular formula is C22H23N3O4S. The lowest BCUT2D eigenvalue weighted by molar-refractivity contribution is -0.114. The zero-order valence-corrected chi connectivity index (χ0v) is 17.8. The second-order valence-corrected chi connectivity index (χ2v) is 8.43. The molecule has 1 amide bonds. The van der Waals surface area contributed by atoms with Gasteiger partial charge in [0, 0.05) is 12.6 Å². The van der Waals surface area contributed by atoms with Gasteiger partial charge in [0.05, 0.1) is 4.90 Å². The van der Waals surface area contributed by atoms with Gasteiger partial charge in [0.25, 0.3) is 10.0 Å². The van der Waals surface area contributed by atoms with Crippen LogP contribution in [-0.2, 0) is 21.2 Å². The van der Waals surface area contributed by atoms with Crippen LogP contribution in [0.1, 0.15) is 36.4 Å². The van der Waals surface area contributed by atoms with Gasteiger partial charge in [-0.3, -0.25) is 9.52 Å². The Kier molecular flexibility index (Phi) is 6.37. The van der Waals surface area contributed by atoms with E-state index in [1.807, 2.05) is 19.1 Å². The number of nitrogens with zero attached hydrogens (tertiary/aromatic N) is 1. The number of anilines is 2. The minimum atomic E-state index is -3.68. The van der Waals surface area contributed by atoms with E-state index in [4.69, 9.17) is 4.52 Å². The first-order valence-corrected chi connectivity index (χ1v) is 10.9. The average molecular weight is 426 g/mol.